The van der Waals surface area contributed by atoms with Crippen LogP contribution in [0.2, 0.25) is 0 Å². The Bertz CT molecular complexity index is 1150. The fourth-order valence-electron chi connectivity index (χ4n) is 3.12. The normalized spacial score (nSPS) is 11.3. The molecule has 0 spiro atoms. The Balaban J connectivity index is 1.66. The molecule has 0 saturated carbocycles. The Labute approximate surface area is 149 Å². The van der Waals surface area contributed by atoms with Crippen molar-refractivity contribution in [3.63, 3.8) is 0 Å². The molecule has 5 nitrogen and oxygen atoms in total. The van der Waals surface area contributed by atoms with Gasteiger partial charge in [0.15, 0.2) is 5.78 Å². The summed E-state index contributed by atoms with van der Waals surface area (Å²) in [4.78, 5) is 29.5. The number of Topliss-reactive ketones (excluding diaryl/α,β-unsaturated/α-hetero) is 1. The molecule has 0 N–H and O–H groups in total. The summed E-state index contributed by atoms with van der Waals surface area (Å²) in [6, 6.07) is 14.9. The first kappa shape index (κ1) is 16.3. The van der Waals surface area contributed by atoms with Crippen LogP contribution in [0.25, 0.3) is 22.1 Å². The molecule has 0 bridgehead atoms. The molecule has 4 rings (SSSR count). The first-order chi connectivity index (χ1) is 12.7. The third kappa shape index (κ3) is 2.81. The van der Waals surface area contributed by atoms with Crippen molar-refractivity contribution in [2.24, 2.45) is 0 Å². The molecule has 2 heterocycles. The van der Waals surface area contributed by atoms with Gasteiger partial charge < -0.3 is 4.42 Å². The van der Waals surface area contributed by atoms with Gasteiger partial charge in [0.05, 0.1) is 12.9 Å². The van der Waals surface area contributed by atoms with Crippen LogP contribution in [-0.4, -0.2) is 15.3 Å². The molecule has 5 heteroatoms. The lowest BCUT2D eigenvalue weighted by Crippen LogP contribution is -2.24. The molecule has 0 aliphatic carbocycles. The van der Waals surface area contributed by atoms with Gasteiger partial charge in [-0.1, -0.05) is 49.7 Å². The third-order valence-electron chi connectivity index (χ3n) is 4.48. The summed E-state index contributed by atoms with van der Waals surface area (Å²) in [5.74, 6) is -0.132. The van der Waals surface area contributed by atoms with Crippen LogP contribution in [0.4, 0.5) is 0 Å². The third-order valence-corrected chi connectivity index (χ3v) is 4.48. The summed E-state index contributed by atoms with van der Waals surface area (Å²) >= 11 is 0. The van der Waals surface area contributed by atoms with E-state index in [2.05, 4.69) is 11.9 Å². The number of carbonyl (C=O) groups is 1. The fraction of sp³-hybridized carbons (Fsp3) is 0.190. The van der Waals surface area contributed by atoms with Crippen LogP contribution in [0, 0.1) is 0 Å². The van der Waals surface area contributed by atoms with Gasteiger partial charge in [0.2, 0.25) is 5.58 Å². The molecular weight excluding hydrogens is 328 g/mol. The number of nitrogens with zero attached hydrogens (tertiary/aromatic N) is 2. The SMILES string of the molecule is CCCc1ccc(C(=O)Cn2cnc3c(oc4ccccc43)c2=O)cc1. The van der Waals surface area contributed by atoms with Crippen molar-refractivity contribution < 1.29 is 9.21 Å². The highest BCUT2D eigenvalue weighted by Crippen LogP contribution is 2.24. The largest absolute Gasteiger partial charge is 0.448 e. The van der Waals surface area contributed by atoms with E-state index in [0.717, 1.165) is 18.2 Å². The number of hydrogen-bond acceptors (Lipinski definition) is 4. The maximum atomic E-state index is 12.7. The van der Waals surface area contributed by atoms with Crippen LogP contribution in [0.5, 0.6) is 0 Å². The van der Waals surface area contributed by atoms with Gasteiger partial charge in [-0.05, 0) is 24.1 Å². The highest BCUT2D eigenvalue weighted by atomic mass is 16.3. The molecule has 130 valence electrons. The topological polar surface area (TPSA) is 65.1 Å². The van der Waals surface area contributed by atoms with Crippen molar-refractivity contribution >= 4 is 27.9 Å². The zero-order valence-corrected chi connectivity index (χ0v) is 14.4. The molecule has 4 aromatic rings. The first-order valence-corrected chi connectivity index (χ1v) is 8.66. The van der Waals surface area contributed by atoms with Crippen molar-refractivity contribution in [2.45, 2.75) is 26.3 Å². The van der Waals surface area contributed by atoms with Crippen molar-refractivity contribution in [1.29, 1.82) is 0 Å². The van der Waals surface area contributed by atoms with Crippen molar-refractivity contribution in [1.82, 2.24) is 9.55 Å². The Morgan fingerprint density at radius 1 is 1.12 bits per heavy atom. The standard InChI is InChI=1S/C21H18N2O3/c1-2-5-14-8-10-15(11-9-14)17(24)12-23-13-22-19-16-6-3-4-7-18(16)26-20(19)21(23)25/h3-4,6-11,13H,2,5,12H2,1H3. The number of carbonyl (C=O) groups excluding carboxylic acids is 1. The predicted molar refractivity (Wildman–Crippen MR) is 101 cm³/mol. The Hall–Kier alpha value is -3.21. The van der Waals surface area contributed by atoms with Crippen LogP contribution in [0.3, 0.4) is 0 Å². The molecule has 0 fully saturated rings. The summed E-state index contributed by atoms with van der Waals surface area (Å²) in [5.41, 5.74) is 2.76. The van der Waals surface area contributed by atoms with Gasteiger partial charge >= 0.3 is 0 Å². The summed E-state index contributed by atoms with van der Waals surface area (Å²) in [7, 11) is 0. The highest BCUT2D eigenvalue weighted by Gasteiger charge is 2.15. The van der Waals surface area contributed by atoms with E-state index in [-0.39, 0.29) is 23.5 Å². The van der Waals surface area contributed by atoms with E-state index in [4.69, 9.17) is 4.42 Å². The number of benzene rings is 2. The number of fused-ring (bicyclic) bond motifs is 3. The zero-order valence-electron chi connectivity index (χ0n) is 14.4. The van der Waals surface area contributed by atoms with Gasteiger partial charge in [-0.25, -0.2) is 4.98 Å². The van der Waals surface area contributed by atoms with Crippen molar-refractivity contribution in [2.75, 3.05) is 0 Å². The molecule has 0 saturated heterocycles. The molecule has 0 aliphatic rings. The molecule has 2 aromatic heterocycles. The number of para-hydroxylation sites is 1. The van der Waals surface area contributed by atoms with Crippen LogP contribution in [0.1, 0.15) is 29.3 Å². The minimum Gasteiger partial charge on any atom is -0.448 e. The molecule has 0 aliphatic heterocycles. The van der Waals surface area contributed by atoms with Gasteiger partial charge in [-0.2, -0.15) is 0 Å². The maximum absolute atomic E-state index is 12.7. The highest BCUT2D eigenvalue weighted by molar-refractivity contribution is 6.02. The summed E-state index contributed by atoms with van der Waals surface area (Å²) < 4.78 is 6.95. The van der Waals surface area contributed by atoms with Gasteiger partial charge in [0.25, 0.3) is 5.56 Å². The number of aryl methyl sites for hydroxylation is 1. The lowest BCUT2D eigenvalue weighted by Gasteiger charge is -2.05. The zero-order chi connectivity index (χ0) is 18.1. The lowest BCUT2D eigenvalue weighted by atomic mass is 10.1. The van der Waals surface area contributed by atoms with E-state index in [0.29, 0.717) is 16.7 Å². The van der Waals surface area contributed by atoms with Gasteiger partial charge in [0, 0.05) is 10.9 Å². The molecule has 0 unspecified atom stereocenters. The number of furan rings is 1. The van der Waals surface area contributed by atoms with E-state index in [9.17, 15) is 9.59 Å². The van der Waals surface area contributed by atoms with Gasteiger partial charge in [-0.15, -0.1) is 0 Å². The smallest absolute Gasteiger partial charge is 0.297 e. The van der Waals surface area contributed by atoms with Crippen LogP contribution in [0.15, 0.2) is 64.1 Å². The quantitative estimate of drug-likeness (QED) is 0.513. The van der Waals surface area contributed by atoms with Gasteiger partial charge in [0.1, 0.15) is 11.1 Å². The molecule has 0 atom stereocenters. The average Bonchev–Trinajstić information content (AvgIpc) is 3.04. The molecule has 2 aromatic carbocycles. The molecule has 0 amide bonds. The van der Waals surface area contributed by atoms with Gasteiger partial charge in [-0.3, -0.25) is 14.2 Å². The molecular formula is C21H18N2O3. The van der Waals surface area contributed by atoms with Crippen LogP contribution < -0.4 is 5.56 Å². The van der Waals surface area contributed by atoms with E-state index in [1.54, 1.807) is 6.07 Å². The number of hydrogen-bond donors (Lipinski definition) is 0. The van der Waals surface area contributed by atoms with E-state index < -0.39 is 0 Å². The van der Waals surface area contributed by atoms with Crippen molar-refractivity contribution in [3.05, 3.63) is 76.3 Å². The number of ketones is 1. The second-order valence-corrected chi connectivity index (χ2v) is 6.32. The second kappa shape index (κ2) is 6.59. The maximum Gasteiger partial charge on any atom is 0.297 e. The Kier molecular flexibility index (Phi) is 4.13. The minimum absolute atomic E-state index is 0.0635. The predicted octanol–water partition coefficient (Wildman–Crippen LogP) is 3.98. The number of aromatic nitrogens is 2. The lowest BCUT2D eigenvalue weighted by molar-refractivity contribution is 0.0970. The van der Waals surface area contributed by atoms with Crippen LogP contribution in [-0.2, 0) is 13.0 Å². The monoisotopic (exact) mass is 346 g/mol. The second-order valence-electron chi connectivity index (χ2n) is 6.32. The summed E-state index contributed by atoms with van der Waals surface area (Å²) in [6.07, 6.45) is 3.46. The Morgan fingerprint density at radius 2 is 1.88 bits per heavy atom. The average molecular weight is 346 g/mol. The van der Waals surface area contributed by atoms with Crippen LogP contribution >= 0.6 is 0 Å². The Morgan fingerprint density at radius 3 is 2.65 bits per heavy atom. The van der Waals surface area contributed by atoms with E-state index in [1.807, 2.05) is 42.5 Å². The van der Waals surface area contributed by atoms with E-state index in [1.165, 1.54) is 16.5 Å². The summed E-state index contributed by atoms with van der Waals surface area (Å²) in [6.45, 7) is 2.05. The minimum atomic E-state index is -0.345. The number of rotatable bonds is 5. The molecule has 0 radical (unpaired) electrons. The van der Waals surface area contributed by atoms with Crippen molar-refractivity contribution in [3.8, 4) is 0 Å². The molecule has 26 heavy (non-hydrogen) atoms. The first-order valence-electron chi connectivity index (χ1n) is 8.66. The fourth-order valence-corrected chi connectivity index (χ4v) is 3.12. The summed E-state index contributed by atoms with van der Waals surface area (Å²) in [5, 5.41) is 0.796. The van der Waals surface area contributed by atoms with E-state index >= 15 is 0 Å².